The van der Waals surface area contributed by atoms with Crippen LogP contribution in [-0.2, 0) is 7.05 Å². The van der Waals surface area contributed by atoms with Crippen molar-refractivity contribution < 1.29 is 22.6 Å². The molecule has 3 aromatic carbocycles. The predicted molar refractivity (Wildman–Crippen MR) is 340 cm³/mol. The first-order valence-corrected chi connectivity index (χ1v) is 32.2. The minimum absolute atomic E-state index is 0.103. The summed E-state index contributed by atoms with van der Waals surface area (Å²) in [6.07, 6.45) is 13.7. The minimum atomic E-state index is -0.435. The zero-order chi connectivity index (χ0) is 59.8. The van der Waals surface area contributed by atoms with Crippen molar-refractivity contribution in [2.45, 2.75) is 116 Å². The van der Waals surface area contributed by atoms with Crippen LogP contribution in [0.3, 0.4) is 0 Å². The molecule has 0 saturated carbocycles. The van der Waals surface area contributed by atoms with Crippen LogP contribution in [-0.4, -0.2) is 116 Å². The molecular weight excluding hydrogens is 1170 g/mol. The Morgan fingerprint density at radius 2 is 1.23 bits per heavy atom. The lowest BCUT2D eigenvalue weighted by Gasteiger charge is -2.48. The smallest absolute Gasteiger partial charge is 0.274 e. The van der Waals surface area contributed by atoms with E-state index in [0.717, 1.165) is 124 Å². The summed E-state index contributed by atoms with van der Waals surface area (Å²) in [4.78, 5) is 30.8. The van der Waals surface area contributed by atoms with E-state index in [9.17, 15) is 13.2 Å². The Morgan fingerprint density at radius 3 is 1.87 bits per heavy atom. The Balaban J connectivity index is 0.000000120. The van der Waals surface area contributed by atoms with Crippen molar-refractivity contribution in [3.63, 3.8) is 0 Å². The summed E-state index contributed by atoms with van der Waals surface area (Å²) in [5.74, 6) is -1.21. The first-order chi connectivity index (χ1) is 41.2. The summed E-state index contributed by atoms with van der Waals surface area (Å²) in [5, 5.41) is 24.0. The van der Waals surface area contributed by atoms with E-state index in [4.69, 9.17) is 19.4 Å². The van der Waals surface area contributed by atoms with Gasteiger partial charge in [0.2, 0.25) is 0 Å². The van der Waals surface area contributed by atoms with E-state index in [0.29, 0.717) is 59.9 Å². The number of fused-ring (bicyclic) bond motifs is 6. The molecule has 0 bridgehead atoms. The molecule has 0 unspecified atom stereocenters. The number of pyridine rings is 1. The van der Waals surface area contributed by atoms with Crippen LogP contribution in [0.4, 0.5) is 18.3 Å². The third-order valence-electron chi connectivity index (χ3n) is 15.9. The van der Waals surface area contributed by atoms with E-state index in [1.807, 2.05) is 50.5 Å². The van der Waals surface area contributed by atoms with Gasteiger partial charge in [-0.1, -0.05) is 34.0 Å². The van der Waals surface area contributed by atoms with Gasteiger partial charge in [0.15, 0.2) is 33.2 Å². The number of benzene rings is 3. The summed E-state index contributed by atoms with van der Waals surface area (Å²) >= 11 is 6.11. The first kappa shape index (κ1) is 57.9. The predicted octanol–water partition coefficient (Wildman–Crippen LogP) is 13.3. The fourth-order valence-electron chi connectivity index (χ4n) is 12.1. The number of hydrogen-bond donors (Lipinski definition) is 3. The number of ether oxygens (including phenoxy) is 2. The topological polar surface area (TPSA) is 175 Å². The maximum absolute atomic E-state index is 14.8. The second-order valence-corrected chi connectivity index (χ2v) is 27.9. The largest absolute Gasteiger partial charge is 0.467 e. The summed E-state index contributed by atoms with van der Waals surface area (Å²) < 4.78 is 63.9. The highest BCUT2D eigenvalue weighted by atomic mass is 32.1. The van der Waals surface area contributed by atoms with Crippen molar-refractivity contribution in [1.82, 2.24) is 69.6 Å². The molecule has 9 aromatic heterocycles. The van der Waals surface area contributed by atoms with Crippen molar-refractivity contribution in [2.24, 2.45) is 7.05 Å². The highest BCUT2D eigenvalue weighted by Crippen LogP contribution is 2.40. The Hall–Kier alpha value is -7.19. The van der Waals surface area contributed by atoms with E-state index in [2.05, 4.69) is 115 Å². The highest BCUT2D eigenvalue weighted by Gasteiger charge is 2.40. The average molecular weight is 1240 g/mol. The summed E-state index contributed by atoms with van der Waals surface area (Å²) in [6, 6.07) is 14.4. The third-order valence-corrected chi connectivity index (χ3v) is 19.8. The normalized spacial score (nSPS) is 16.7. The SMILES string of the molecule is Cc1cn2nc(-c3cc(F)c4nc(OC5CCNCC5)sc4c3)cc(C)c2n1.Cc1csc2nc(-c3cc4sc(N(C)C5CC(C)(C)NC(C)(C)C5)nc4cn3)cn12.Cn1cc2cc(-c3cc(F)c4nc(OC5CCNCC5)sc4c3)cc(F)c2n1. The number of halogens is 3. The lowest BCUT2D eigenvalue weighted by Crippen LogP contribution is -2.61. The number of piperidine rings is 3. The van der Waals surface area contributed by atoms with Crippen molar-refractivity contribution in [1.29, 1.82) is 0 Å². The Bertz CT molecular complexity index is 4290. The number of thiazole rings is 4. The van der Waals surface area contributed by atoms with Crippen molar-refractivity contribution >= 4 is 103 Å². The van der Waals surface area contributed by atoms with Gasteiger partial charge < -0.3 is 30.3 Å². The van der Waals surface area contributed by atoms with Gasteiger partial charge >= 0.3 is 0 Å². The van der Waals surface area contributed by atoms with Gasteiger partial charge in [-0.2, -0.15) is 20.2 Å². The number of aromatic nitrogens is 11. The van der Waals surface area contributed by atoms with Gasteiger partial charge in [-0.05, 0) is 178 Å². The Kier molecular flexibility index (Phi) is 15.6. The van der Waals surface area contributed by atoms with Gasteiger partial charge in [0.05, 0.1) is 43.6 Å². The van der Waals surface area contributed by atoms with Gasteiger partial charge in [-0.3, -0.25) is 14.1 Å². The molecule has 3 fully saturated rings. The molecule has 3 aliphatic rings. The van der Waals surface area contributed by atoms with Gasteiger partial charge in [-0.25, -0.2) is 32.6 Å². The van der Waals surface area contributed by atoms with Gasteiger partial charge in [0.1, 0.15) is 40.0 Å². The van der Waals surface area contributed by atoms with Crippen LogP contribution in [0, 0.1) is 38.2 Å². The number of hydrogen-bond acceptors (Lipinski definition) is 18. The standard InChI is InChI=1S/C22H28N6S2.C20H18F2N4OS.C20H20FN5OS/c1-13-12-29-20-25-17(11-28(13)20)15-7-18-16(10-23-15)24-19(30-18)27(6)14-8-21(2,3)26-22(4,5)9-14;1-26-10-13-6-11(7-15(21)18(13)25-26)12-8-16(22)19-17(9-12)28-20(24-19)27-14-2-4-23-5-3-14;1-11-7-16(25-26-10-12(2)23-19(11)26)13-8-15(21)18-17(9-13)28-20(24-18)27-14-3-5-22-6-4-14/h7,10-12,14,26H,8-9H2,1-6H3;6-10,14,23H,2-5H2,1H3;7-10,14,22H,3-6H2,1-2H3. The van der Waals surface area contributed by atoms with E-state index in [1.165, 1.54) is 46.6 Å². The van der Waals surface area contributed by atoms with Crippen LogP contribution in [0.2, 0.25) is 0 Å². The number of nitrogens with zero attached hydrogens (tertiary/aromatic N) is 12. The second kappa shape index (κ2) is 23.2. The maximum Gasteiger partial charge on any atom is 0.274 e. The number of aryl methyl sites for hydroxylation is 4. The fraction of sp³-hybridized carbons (Fsp3) is 0.387. The van der Waals surface area contributed by atoms with Crippen LogP contribution < -0.4 is 30.3 Å². The summed E-state index contributed by atoms with van der Waals surface area (Å²) in [7, 11) is 3.92. The number of rotatable bonds is 9. The van der Waals surface area contributed by atoms with Gasteiger partial charge in [0.25, 0.3) is 10.4 Å². The zero-order valence-electron chi connectivity index (χ0n) is 49.3. The van der Waals surface area contributed by atoms with Crippen LogP contribution >= 0.6 is 45.3 Å². The van der Waals surface area contributed by atoms with E-state index >= 15 is 0 Å². The van der Waals surface area contributed by atoms with Crippen LogP contribution in [0.5, 0.6) is 10.4 Å². The van der Waals surface area contributed by atoms with E-state index in [1.54, 1.807) is 45.1 Å². The molecule has 0 atom stereocenters. The third kappa shape index (κ3) is 12.1. The van der Waals surface area contributed by atoms with Crippen LogP contribution in [0.15, 0.2) is 78.7 Å². The van der Waals surface area contributed by atoms with Crippen LogP contribution in [0.25, 0.3) is 85.9 Å². The second-order valence-electron chi connectivity index (χ2n) is 24.0. The van der Waals surface area contributed by atoms with Crippen molar-refractivity contribution in [3.8, 4) is 44.2 Å². The quantitative estimate of drug-likeness (QED) is 0.124. The molecule has 86 heavy (non-hydrogen) atoms. The van der Waals surface area contributed by atoms with Gasteiger partial charge in [0, 0.05) is 65.6 Å². The monoisotopic (exact) mass is 1240 g/mol. The maximum atomic E-state index is 14.8. The average Bonchev–Trinajstić information content (AvgIpc) is 2.66. The molecule has 0 amide bonds. The molecule has 0 spiro atoms. The van der Waals surface area contributed by atoms with Crippen molar-refractivity contribution in [2.75, 3.05) is 38.1 Å². The van der Waals surface area contributed by atoms with Crippen molar-refractivity contribution in [3.05, 3.63) is 113 Å². The molecule has 3 aliphatic heterocycles. The number of anilines is 1. The zero-order valence-corrected chi connectivity index (χ0v) is 52.5. The fourth-order valence-corrected chi connectivity index (χ4v) is 15.8. The number of nitrogens with one attached hydrogen (secondary N) is 3. The molecule has 0 radical (unpaired) electrons. The highest BCUT2D eigenvalue weighted by molar-refractivity contribution is 7.22. The number of imidazole rings is 2. The molecule has 24 heteroatoms. The molecule has 3 N–H and O–H groups in total. The summed E-state index contributed by atoms with van der Waals surface area (Å²) in [6.45, 7) is 18.9. The molecule has 446 valence electrons. The summed E-state index contributed by atoms with van der Waals surface area (Å²) in [5.41, 5.74) is 10.5. The molecule has 0 aliphatic carbocycles. The molecule has 12 heterocycles. The molecule has 3 saturated heterocycles. The molecule has 12 aromatic rings. The Morgan fingerprint density at radius 1 is 0.628 bits per heavy atom. The minimum Gasteiger partial charge on any atom is -0.467 e. The lowest BCUT2D eigenvalue weighted by molar-refractivity contribution is 0.161. The molecular formula is C62H66F3N15O2S4. The lowest BCUT2D eigenvalue weighted by atomic mass is 9.79. The first-order valence-electron chi connectivity index (χ1n) is 28.9. The Labute approximate surface area is 510 Å². The van der Waals surface area contributed by atoms with Crippen LogP contribution in [0.1, 0.15) is 83.2 Å². The van der Waals surface area contributed by atoms with E-state index < -0.39 is 11.6 Å². The molecule has 15 rings (SSSR count). The van der Waals surface area contributed by atoms with E-state index in [-0.39, 0.29) is 29.1 Å². The molecule has 17 nitrogen and oxygen atoms in total. The van der Waals surface area contributed by atoms with Gasteiger partial charge in [-0.15, -0.1) is 11.3 Å².